The molecular formula is C16H15BrFNO2. The quantitative estimate of drug-likeness (QED) is 0.872. The monoisotopic (exact) mass is 351 g/mol. The summed E-state index contributed by atoms with van der Waals surface area (Å²) in [6.45, 7) is 3.89. The molecule has 110 valence electrons. The molecule has 2 aromatic carbocycles. The van der Waals surface area contributed by atoms with Crippen molar-refractivity contribution in [1.29, 1.82) is 0 Å². The van der Waals surface area contributed by atoms with Gasteiger partial charge in [0.25, 0.3) is 5.91 Å². The topological polar surface area (TPSA) is 38.3 Å². The average molecular weight is 352 g/mol. The fraction of sp³-hybridized carbons (Fsp3) is 0.188. The predicted molar refractivity (Wildman–Crippen MR) is 84.3 cm³/mol. The van der Waals surface area contributed by atoms with Crippen LogP contribution < -0.4 is 10.1 Å². The predicted octanol–water partition coefficient (Wildman–Crippen LogP) is 4.63. The van der Waals surface area contributed by atoms with E-state index in [2.05, 4.69) is 21.2 Å². The van der Waals surface area contributed by atoms with Crippen LogP contribution in [0, 0.1) is 5.82 Å². The molecule has 0 saturated carbocycles. The van der Waals surface area contributed by atoms with Gasteiger partial charge in [-0.2, -0.15) is 0 Å². The second kappa shape index (κ2) is 6.72. The van der Waals surface area contributed by atoms with Gasteiger partial charge in [-0.15, -0.1) is 0 Å². The highest BCUT2D eigenvalue weighted by Crippen LogP contribution is 2.21. The van der Waals surface area contributed by atoms with Crippen molar-refractivity contribution in [2.24, 2.45) is 0 Å². The van der Waals surface area contributed by atoms with Crippen molar-refractivity contribution >= 4 is 27.5 Å². The van der Waals surface area contributed by atoms with Crippen LogP contribution in [0.1, 0.15) is 24.2 Å². The van der Waals surface area contributed by atoms with E-state index in [1.165, 1.54) is 18.2 Å². The van der Waals surface area contributed by atoms with Gasteiger partial charge >= 0.3 is 0 Å². The Morgan fingerprint density at radius 1 is 1.19 bits per heavy atom. The van der Waals surface area contributed by atoms with Crippen molar-refractivity contribution in [1.82, 2.24) is 0 Å². The lowest BCUT2D eigenvalue weighted by molar-refractivity contribution is 0.102. The van der Waals surface area contributed by atoms with Crippen molar-refractivity contribution in [3.05, 3.63) is 58.3 Å². The van der Waals surface area contributed by atoms with Gasteiger partial charge in [-0.25, -0.2) is 4.39 Å². The third-order valence-corrected chi connectivity index (χ3v) is 3.32. The van der Waals surface area contributed by atoms with Crippen LogP contribution in [0.2, 0.25) is 0 Å². The van der Waals surface area contributed by atoms with E-state index in [-0.39, 0.29) is 12.0 Å². The minimum Gasteiger partial charge on any atom is -0.491 e. The van der Waals surface area contributed by atoms with Crippen molar-refractivity contribution in [3.8, 4) is 5.75 Å². The summed E-state index contributed by atoms with van der Waals surface area (Å²) in [5, 5.41) is 2.75. The van der Waals surface area contributed by atoms with Gasteiger partial charge < -0.3 is 10.1 Å². The maximum Gasteiger partial charge on any atom is 0.256 e. The summed E-state index contributed by atoms with van der Waals surface area (Å²) in [6.07, 6.45) is 0.0978. The van der Waals surface area contributed by atoms with Gasteiger partial charge in [0.2, 0.25) is 0 Å². The van der Waals surface area contributed by atoms with E-state index in [0.717, 1.165) is 5.75 Å². The van der Waals surface area contributed by atoms with Crippen LogP contribution >= 0.6 is 15.9 Å². The minimum absolute atomic E-state index is 0.0978. The second-order valence-corrected chi connectivity index (χ2v) is 5.62. The van der Waals surface area contributed by atoms with Crippen LogP contribution in [0.25, 0.3) is 0 Å². The fourth-order valence-corrected chi connectivity index (χ4v) is 2.29. The Hall–Kier alpha value is -1.88. The van der Waals surface area contributed by atoms with E-state index in [0.29, 0.717) is 15.7 Å². The van der Waals surface area contributed by atoms with Crippen LogP contribution in [0.15, 0.2) is 46.9 Å². The molecule has 0 aliphatic heterocycles. The smallest absolute Gasteiger partial charge is 0.256 e. The molecule has 0 saturated heterocycles. The number of halogens is 2. The van der Waals surface area contributed by atoms with E-state index >= 15 is 0 Å². The summed E-state index contributed by atoms with van der Waals surface area (Å²) >= 11 is 3.18. The molecule has 2 rings (SSSR count). The number of rotatable bonds is 4. The van der Waals surface area contributed by atoms with Crippen molar-refractivity contribution in [2.75, 3.05) is 5.32 Å². The molecule has 0 atom stereocenters. The van der Waals surface area contributed by atoms with Crippen molar-refractivity contribution in [2.45, 2.75) is 20.0 Å². The highest BCUT2D eigenvalue weighted by Gasteiger charge is 2.11. The second-order valence-electron chi connectivity index (χ2n) is 4.77. The number of carbonyl (C=O) groups is 1. The van der Waals surface area contributed by atoms with E-state index in [4.69, 9.17) is 4.74 Å². The number of benzene rings is 2. The molecule has 0 spiro atoms. The summed E-state index contributed by atoms with van der Waals surface area (Å²) in [5.74, 6) is 0.0407. The zero-order valence-electron chi connectivity index (χ0n) is 11.7. The number of hydrogen-bond acceptors (Lipinski definition) is 2. The van der Waals surface area contributed by atoms with Crippen LogP contribution in [0.4, 0.5) is 10.1 Å². The first-order chi connectivity index (χ1) is 9.95. The maximum absolute atomic E-state index is 13.0. The Labute approximate surface area is 131 Å². The Morgan fingerprint density at radius 3 is 2.43 bits per heavy atom. The molecule has 21 heavy (non-hydrogen) atoms. The summed E-state index contributed by atoms with van der Waals surface area (Å²) in [7, 11) is 0. The van der Waals surface area contributed by atoms with Gasteiger partial charge in [0.15, 0.2) is 0 Å². The van der Waals surface area contributed by atoms with E-state index in [1.54, 1.807) is 24.3 Å². The number of anilines is 1. The first-order valence-corrected chi connectivity index (χ1v) is 7.28. The molecule has 2 aromatic rings. The molecule has 0 aliphatic rings. The molecular weight excluding hydrogens is 337 g/mol. The zero-order chi connectivity index (χ0) is 15.4. The lowest BCUT2D eigenvalue weighted by Crippen LogP contribution is -2.12. The van der Waals surface area contributed by atoms with Gasteiger partial charge in [-0.3, -0.25) is 4.79 Å². The third-order valence-electron chi connectivity index (χ3n) is 2.66. The Balaban J connectivity index is 2.08. The van der Waals surface area contributed by atoms with Gasteiger partial charge in [-0.1, -0.05) is 0 Å². The number of ether oxygens (including phenoxy) is 1. The van der Waals surface area contributed by atoms with Gasteiger partial charge in [-0.05, 0) is 72.2 Å². The largest absolute Gasteiger partial charge is 0.491 e. The number of amides is 1. The standard InChI is InChI=1S/C16H15BrFNO2/c1-10(2)21-13-6-4-12(5-7-13)19-16(20)14-8-3-11(18)9-15(14)17/h3-10H,1-2H3,(H,19,20). The molecule has 0 aliphatic carbocycles. The lowest BCUT2D eigenvalue weighted by Gasteiger charge is -2.11. The minimum atomic E-state index is -0.395. The van der Waals surface area contributed by atoms with E-state index in [1.807, 2.05) is 13.8 Å². The molecule has 1 amide bonds. The molecule has 3 nitrogen and oxygen atoms in total. The first-order valence-electron chi connectivity index (χ1n) is 6.49. The molecule has 0 unspecified atom stereocenters. The Bertz CT molecular complexity index is 641. The molecule has 0 radical (unpaired) electrons. The molecule has 1 N–H and O–H groups in total. The molecule has 0 fully saturated rings. The van der Waals surface area contributed by atoms with Crippen molar-refractivity contribution in [3.63, 3.8) is 0 Å². The Kier molecular flexibility index (Phi) is 4.96. The van der Waals surface area contributed by atoms with Crippen LogP contribution in [0.3, 0.4) is 0 Å². The van der Waals surface area contributed by atoms with Gasteiger partial charge in [0.1, 0.15) is 11.6 Å². The van der Waals surface area contributed by atoms with Crippen molar-refractivity contribution < 1.29 is 13.9 Å². The number of hydrogen-bond donors (Lipinski definition) is 1. The average Bonchev–Trinajstić information content (AvgIpc) is 2.40. The SMILES string of the molecule is CC(C)Oc1ccc(NC(=O)c2ccc(F)cc2Br)cc1. The summed E-state index contributed by atoms with van der Waals surface area (Å²) in [4.78, 5) is 12.1. The highest BCUT2D eigenvalue weighted by molar-refractivity contribution is 9.10. The Morgan fingerprint density at radius 2 is 1.86 bits per heavy atom. The van der Waals surface area contributed by atoms with Crippen LogP contribution in [-0.2, 0) is 0 Å². The van der Waals surface area contributed by atoms with Crippen LogP contribution in [0.5, 0.6) is 5.75 Å². The first kappa shape index (κ1) is 15.5. The van der Waals surface area contributed by atoms with E-state index < -0.39 is 5.82 Å². The van der Waals surface area contributed by atoms with Gasteiger partial charge in [0, 0.05) is 10.2 Å². The highest BCUT2D eigenvalue weighted by atomic mass is 79.9. The number of nitrogens with one attached hydrogen (secondary N) is 1. The zero-order valence-corrected chi connectivity index (χ0v) is 13.3. The normalized spacial score (nSPS) is 10.5. The summed E-state index contributed by atoms with van der Waals surface area (Å²) < 4.78 is 19.0. The molecule has 0 aromatic heterocycles. The molecule has 5 heteroatoms. The van der Waals surface area contributed by atoms with E-state index in [9.17, 15) is 9.18 Å². The number of carbonyl (C=O) groups excluding carboxylic acids is 1. The summed E-state index contributed by atoms with van der Waals surface area (Å²) in [5.41, 5.74) is 1.02. The molecule has 0 heterocycles. The molecule has 0 bridgehead atoms. The third kappa shape index (κ3) is 4.29. The van der Waals surface area contributed by atoms with Crippen LogP contribution in [-0.4, -0.2) is 12.0 Å². The van der Waals surface area contributed by atoms with Gasteiger partial charge in [0.05, 0.1) is 11.7 Å². The fourth-order valence-electron chi connectivity index (χ4n) is 1.76. The maximum atomic E-state index is 13.0. The lowest BCUT2D eigenvalue weighted by atomic mass is 10.2. The summed E-state index contributed by atoms with van der Waals surface area (Å²) in [6, 6.07) is 11.0.